The van der Waals surface area contributed by atoms with Gasteiger partial charge < -0.3 is 14.8 Å². The summed E-state index contributed by atoms with van der Waals surface area (Å²) in [6.45, 7) is 3.59. The smallest absolute Gasteiger partial charge is 0.344 e. The van der Waals surface area contributed by atoms with Gasteiger partial charge in [0.25, 0.3) is 5.91 Å². The minimum Gasteiger partial charge on any atom is -0.449 e. The van der Waals surface area contributed by atoms with Crippen LogP contribution in [-0.2, 0) is 9.53 Å². The quantitative estimate of drug-likeness (QED) is 0.515. The first-order chi connectivity index (χ1) is 15.1. The molecule has 0 aliphatic rings. The zero-order chi connectivity index (χ0) is 22.1. The molecule has 0 fully saturated rings. The van der Waals surface area contributed by atoms with Crippen LogP contribution in [0.3, 0.4) is 0 Å². The van der Waals surface area contributed by atoms with Gasteiger partial charge in [-0.1, -0.05) is 43.7 Å². The van der Waals surface area contributed by atoms with Gasteiger partial charge in [-0.05, 0) is 43.2 Å². The normalized spacial score (nSPS) is 12.5. The van der Waals surface area contributed by atoms with E-state index < -0.39 is 12.1 Å². The number of esters is 1. The highest BCUT2D eigenvalue weighted by molar-refractivity contribution is 5.94. The Kier molecular flexibility index (Phi) is 7.70. The molecule has 2 heterocycles. The van der Waals surface area contributed by atoms with E-state index in [1.807, 2.05) is 30.3 Å². The highest BCUT2D eigenvalue weighted by atomic mass is 16.6. The molecule has 7 nitrogen and oxygen atoms in total. The average Bonchev–Trinajstić information content (AvgIpc) is 2.80. The molecule has 1 aromatic carbocycles. The molecule has 1 N–H and O–H groups in total. The van der Waals surface area contributed by atoms with E-state index in [1.54, 1.807) is 31.3 Å². The summed E-state index contributed by atoms with van der Waals surface area (Å²) >= 11 is 0. The molecular formula is C24H25N3O4. The van der Waals surface area contributed by atoms with Crippen LogP contribution in [0.5, 0.6) is 11.6 Å². The van der Waals surface area contributed by atoms with Crippen LogP contribution in [0.2, 0.25) is 0 Å². The highest BCUT2D eigenvalue weighted by Gasteiger charge is 2.24. The Balaban J connectivity index is 1.67. The van der Waals surface area contributed by atoms with Crippen molar-refractivity contribution in [2.45, 2.75) is 38.8 Å². The van der Waals surface area contributed by atoms with Gasteiger partial charge in [0.05, 0.1) is 12.2 Å². The molecule has 7 heteroatoms. The van der Waals surface area contributed by atoms with Crippen LogP contribution in [0.1, 0.15) is 48.7 Å². The van der Waals surface area contributed by atoms with E-state index in [0.717, 1.165) is 18.4 Å². The third-order valence-electron chi connectivity index (χ3n) is 4.59. The van der Waals surface area contributed by atoms with Gasteiger partial charge in [-0.2, -0.15) is 0 Å². The highest BCUT2D eigenvalue weighted by Crippen LogP contribution is 2.23. The monoisotopic (exact) mass is 419 g/mol. The Hall–Kier alpha value is -3.74. The van der Waals surface area contributed by atoms with Gasteiger partial charge in [0.2, 0.25) is 5.88 Å². The fraction of sp³-hybridized carbons (Fsp3) is 0.250. The van der Waals surface area contributed by atoms with Gasteiger partial charge in [-0.25, -0.2) is 9.78 Å². The molecule has 2 aromatic heterocycles. The number of carbonyl (C=O) groups excluding carboxylic acids is 2. The second-order valence-electron chi connectivity index (χ2n) is 6.95. The van der Waals surface area contributed by atoms with E-state index in [0.29, 0.717) is 5.75 Å². The lowest BCUT2D eigenvalue weighted by Crippen LogP contribution is -2.38. The second-order valence-corrected chi connectivity index (χ2v) is 6.95. The SMILES string of the molecule is CCCC(NC(=O)C(C)OC(=O)c1cccnc1Oc1cccnc1)c1ccccc1. The Bertz CT molecular complexity index is 996. The van der Waals surface area contributed by atoms with E-state index in [2.05, 4.69) is 22.2 Å². The second kappa shape index (κ2) is 10.9. The van der Waals surface area contributed by atoms with Crippen molar-refractivity contribution in [3.8, 4) is 11.6 Å². The lowest BCUT2D eigenvalue weighted by atomic mass is 10.0. The first-order valence-electron chi connectivity index (χ1n) is 10.2. The van der Waals surface area contributed by atoms with Crippen molar-refractivity contribution in [2.75, 3.05) is 0 Å². The van der Waals surface area contributed by atoms with Gasteiger partial charge in [0, 0.05) is 12.4 Å². The largest absolute Gasteiger partial charge is 0.449 e. The summed E-state index contributed by atoms with van der Waals surface area (Å²) in [6, 6.07) is 16.1. The fourth-order valence-electron chi connectivity index (χ4n) is 3.01. The van der Waals surface area contributed by atoms with Crippen molar-refractivity contribution < 1.29 is 19.1 Å². The van der Waals surface area contributed by atoms with Gasteiger partial charge in [0.1, 0.15) is 11.3 Å². The Morgan fingerprint density at radius 3 is 2.52 bits per heavy atom. The fourth-order valence-corrected chi connectivity index (χ4v) is 3.01. The molecule has 2 unspecified atom stereocenters. The van der Waals surface area contributed by atoms with Crippen LogP contribution in [0, 0.1) is 0 Å². The number of carbonyl (C=O) groups is 2. The molecule has 0 saturated heterocycles. The molecule has 3 rings (SSSR count). The molecule has 0 bridgehead atoms. The predicted octanol–water partition coefficient (Wildman–Crippen LogP) is 4.47. The van der Waals surface area contributed by atoms with Crippen molar-refractivity contribution in [1.29, 1.82) is 0 Å². The molecule has 1 amide bonds. The first-order valence-corrected chi connectivity index (χ1v) is 10.2. The first kappa shape index (κ1) is 22.0. The summed E-state index contributed by atoms with van der Waals surface area (Å²) < 4.78 is 11.1. The maximum Gasteiger partial charge on any atom is 0.344 e. The van der Waals surface area contributed by atoms with E-state index in [9.17, 15) is 9.59 Å². The lowest BCUT2D eigenvalue weighted by molar-refractivity contribution is -0.129. The van der Waals surface area contributed by atoms with Crippen molar-refractivity contribution in [1.82, 2.24) is 15.3 Å². The van der Waals surface area contributed by atoms with Crippen molar-refractivity contribution in [3.05, 3.63) is 84.3 Å². The number of rotatable bonds is 9. The zero-order valence-electron chi connectivity index (χ0n) is 17.5. The van der Waals surface area contributed by atoms with Crippen LogP contribution in [-0.4, -0.2) is 27.9 Å². The molecule has 3 aromatic rings. The average molecular weight is 419 g/mol. The van der Waals surface area contributed by atoms with Crippen LogP contribution in [0.15, 0.2) is 73.2 Å². The summed E-state index contributed by atoms with van der Waals surface area (Å²) in [5, 5.41) is 2.97. The molecule has 0 spiro atoms. The predicted molar refractivity (Wildman–Crippen MR) is 116 cm³/mol. The van der Waals surface area contributed by atoms with Crippen LogP contribution in [0.25, 0.3) is 0 Å². The third kappa shape index (κ3) is 6.12. The molecule has 0 aliphatic heterocycles. The van der Waals surface area contributed by atoms with Crippen LogP contribution < -0.4 is 10.1 Å². The number of benzene rings is 1. The molecule has 0 aliphatic carbocycles. The van der Waals surface area contributed by atoms with Gasteiger partial charge >= 0.3 is 5.97 Å². The minimum absolute atomic E-state index is 0.0845. The minimum atomic E-state index is -0.984. The molecule has 0 radical (unpaired) electrons. The van der Waals surface area contributed by atoms with Gasteiger partial charge in [-0.15, -0.1) is 0 Å². The van der Waals surface area contributed by atoms with Crippen molar-refractivity contribution >= 4 is 11.9 Å². The molecule has 0 saturated carbocycles. The number of hydrogen-bond acceptors (Lipinski definition) is 6. The third-order valence-corrected chi connectivity index (χ3v) is 4.59. The van der Waals surface area contributed by atoms with Crippen molar-refractivity contribution in [2.24, 2.45) is 0 Å². The summed E-state index contributed by atoms with van der Waals surface area (Å²) in [6.07, 6.45) is 5.33. The number of nitrogens with zero attached hydrogens (tertiary/aromatic N) is 2. The van der Waals surface area contributed by atoms with Crippen LogP contribution >= 0.6 is 0 Å². The summed E-state index contributed by atoms with van der Waals surface area (Å²) in [4.78, 5) is 33.5. The topological polar surface area (TPSA) is 90.4 Å². The maximum atomic E-state index is 12.7. The zero-order valence-corrected chi connectivity index (χ0v) is 17.5. The lowest BCUT2D eigenvalue weighted by Gasteiger charge is -2.21. The Morgan fingerprint density at radius 2 is 1.81 bits per heavy atom. The number of nitrogens with one attached hydrogen (secondary N) is 1. The molecule has 2 atom stereocenters. The number of aromatic nitrogens is 2. The van der Waals surface area contributed by atoms with E-state index in [-0.39, 0.29) is 23.4 Å². The summed E-state index contributed by atoms with van der Waals surface area (Å²) in [7, 11) is 0. The standard InChI is InChI=1S/C24H25N3O4/c1-3-9-21(18-10-5-4-6-11-18)27-22(28)17(2)30-24(29)20-13-8-15-26-23(20)31-19-12-7-14-25-16-19/h4-8,10-17,21H,3,9H2,1-2H3,(H,27,28). The summed E-state index contributed by atoms with van der Waals surface area (Å²) in [5.74, 6) is -0.539. The molecule has 31 heavy (non-hydrogen) atoms. The molecular weight excluding hydrogens is 394 g/mol. The van der Waals surface area contributed by atoms with Gasteiger partial charge in [-0.3, -0.25) is 9.78 Å². The number of ether oxygens (including phenoxy) is 2. The molecule has 160 valence electrons. The maximum absolute atomic E-state index is 12.7. The van der Waals surface area contributed by atoms with Crippen molar-refractivity contribution in [3.63, 3.8) is 0 Å². The Morgan fingerprint density at radius 1 is 1.03 bits per heavy atom. The van der Waals surface area contributed by atoms with E-state index in [4.69, 9.17) is 9.47 Å². The number of hydrogen-bond donors (Lipinski definition) is 1. The van der Waals surface area contributed by atoms with E-state index >= 15 is 0 Å². The summed E-state index contributed by atoms with van der Waals surface area (Å²) in [5.41, 5.74) is 1.13. The number of amides is 1. The van der Waals surface area contributed by atoms with Gasteiger partial charge in [0.15, 0.2) is 6.10 Å². The Labute approximate surface area is 181 Å². The van der Waals surface area contributed by atoms with E-state index in [1.165, 1.54) is 18.5 Å². The van der Waals surface area contributed by atoms with Crippen LogP contribution in [0.4, 0.5) is 0 Å². The number of pyridine rings is 2.